The van der Waals surface area contributed by atoms with Gasteiger partial charge in [0.1, 0.15) is 18.7 Å². The third-order valence-electron chi connectivity index (χ3n) is 2.48. The summed E-state index contributed by atoms with van der Waals surface area (Å²) < 4.78 is 31.5. The first-order chi connectivity index (χ1) is 9.13. The van der Waals surface area contributed by atoms with Gasteiger partial charge in [-0.1, -0.05) is 11.6 Å². The summed E-state index contributed by atoms with van der Waals surface area (Å²) in [6.45, 7) is -0.734. The van der Waals surface area contributed by atoms with Crippen molar-refractivity contribution < 1.29 is 18.3 Å². The Kier molecular flexibility index (Phi) is 4.12. The summed E-state index contributed by atoms with van der Waals surface area (Å²) in [6.07, 6.45) is 0.538. The maximum absolute atomic E-state index is 13.6. The van der Waals surface area contributed by atoms with E-state index in [1.807, 2.05) is 0 Å². The van der Waals surface area contributed by atoms with E-state index < -0.39 is 12.5 Å². The zero-order valence-electron chi connectivity index (χ0n) is 9.70. The van der Waals surface area contributed by atoms with Gasteiger partial charge in [0.2, 0.25) is 0 Å². The third-order valence-corrected chi connectivity index (χ3v) is 2.85. The lowest BCUT2D eigenvalue weighted by Gasteiger charge is -2.08. The summed E-state index contributed by atoms with van der Waals surface area (Å²) in [6, 6.07) is 8.21. The molecule has 0 fully saturated rings. The second kappa shape index (κ2) is 5.80. The van der Waals surface area contributed by atoms with Gasteiger partial charge >= 0.3 is 0 Å². The van der Waals surface area contributed by atoms with Crippen LogP contribution in [0.3, 0.4) is 0 Å². The fourth-order valence-corrected chi connectivity index (χ4v) is 1.69. The van der Waals surface area contributed by atoms with Crippen LogP contribution in [0.2, 0.25) is 5.02 Å². The fraction of sp³-hybridized carbons (Fsp3) is 0.0714. The van der Waals surface area contributed by atoms with Gasteiger partial charge in [0.25, 0.3) is 0 Å². The van der Waals surface area contributed by atoms with Crippen LogP contribution >= 0.6 is 11.6 Å². The Morgan fingerprint density at radius 1 is 1.21 bits per heavy atom. The molecule has 5 heteroatoms. The zero-order valence-corrected chi connectivity index (χ0v) is 10.5. The largest absolute Gasteiger partial charge is 0.454 e. The van der Waals surface area contributed by atoms with Crippen LogP contribution in [0.1, 0.15) is 15.9 Å². The van der Waals surface area contributed by atoms with Crippen molar-refractivity contribution in [3.8, 4) is 11.5 Å². The molecule has 2 aromatic rings. The Balaban J connectivity index is 2.28. The predicted octanol–water partition coefficient (Wildman–Crippen LogP) is 4.55. The van der Waals surface area contributed by atoms with Gasteiger partial charge < -0.3 is 4.74 Å². The van der Waals surface area contributed by atoms with Crippen molar-refractivity contribution in [3.63, 3.8) is 0 Å². The standard InChI is InChI=1S/C14H9ClF2O2/c15-12-3-2-11(6-10(12)7-16)19-14-4-1-9(8-18)5-13(14)17/h1-6,8H,7H2. The molecule has 0 saturated heterocycles. The lowest BCUT2D eigenvalue weighted by atomic mass is 10.2. The fourth-order valence-electron chi connectivity index (χ4n) is 1.52. The molecule has 0 aliphatic rings. The highest BCUT2D eigenvalue weighted by Gasteiger charge is 2.08. The molecule has 2 rings (SSSR count). The van der Waals surface area contributed by atoms with Crippen LogP contribution in [-0.2, 0) is 6.67 Å². The zero-order chi connectivity index (χ0) is 13.8. The van der Waals surface area contributed by atoms with Crippen molar-refractivity contribution >= 4 is 17.9 Å². The number of ether oxygens (including phenoxy) is 1. The van der Waals surface area contributed by atoms with Crippen molar-refractivity contribution in [2.24, 2.45) is 0 Å². The molecule has 19 heavy (non-hydrogen) atoms. The summed E-state index contributed by atoms with van der Waals surface area (Å²) in [5, 5.41) is 0.284. The smallest absolute Gasteiger partial charge is 0.166 e. The first-order valence-corrected chi connectivity index (χ1v) is 5.79. The molecule has 0 bridgehead atoms. The highest BCUT2D eigenvalue weighted by molar-refractivity contribution is 6.31. The van der Waals surface area contributed by atoms with Crippen LogP contribution in [0.5, 0.6) is 11.5 Å². The Labute approximate surface area is 113 Å². The molecule has 0 heterocycles. The van der Waals surface area contributed by atoms with E-state index in [0.717, 1.165) is 6.07 Å². The van der Waals surface area contributed by atoms with E-state index in [-0.39, 0.29) is 27.6 Å². The second-order valence-corrected chi connectivity index (χ2v) is 4.20. The second-order valence-electron chi connectivity index (χ2n) is 3.80. The van der Waals surface area contributed by atoms with Crippen molar-refractivity contribution in [2.45, 2.75) is 6.67 Å². The van der Waals surface area contributed by atoms with Gasteiger partial charge in [-0.25, -0.2) is 8.78 Å². The molecule has 0 aliphatic heterocycles. The predicted molar refractivity (Wildman–Crippen MR) is 68.1 cm³/mol. The third kappa shape index (κ3) is 3.09. The van der Waals surface area contributed by atoms with E-state index in [4.69, 9.17) is 16.3 Å². The van der Waals surface area contributed by atoms with Crippen LogP contribution in [-0.4, -0.2) is 6.29 Å². The number of halogens is 3. The number of hydrogen-bond donors (Lipinski definition) is 0. The lowest BCUT2D eigenvalue weighted by Crippen LogP contribution is -1.91. The van der Waals surface area contributed by atoms with Crippen molar-refractivity contribution in [1.29, 1.82) is 0 Å². The summed E-state index contributed by atoms with van der Waals surface area (Å²) in [7, 11) is 0. The topological polar surface area (TPSA) is 26.3 Å². The molecule has 0 atom stereocenters. The Morgan fingerprint density at radius 3 is 2.63 bits per heavy atom. The maximum Gasteiger partial charge on any atom is 0.166 e. The highest BCUT2D eigenvalue weighted by Crippen LogP contribution is 2.28. The molecule has 0 aliphatic carbocycles. The first kappa shape index (κ1) is 13.5. The Morgan fingerprint density at radius 2 is 2.00 bits per heavy atom. The number of aldehydes is 1. The number of carbonyl (C=O) groups is 1. The normalized spacial score (nSPS) is 10.3. The Hall–Kier alpha value is -1.94. The van der Waals surface area contributed by atoms with E-state index in [0.29, 0.717) is 6.29 Å². The summed E-state index contributed by atoms with van der Waals surface area (Å²) in [4.78, 5) is 10.5. The number of alkyl halides is 1. The van der Waals surface area contributed by atoms with Gasteiger partial charge in [0, 0.05) is 16.1 Å². The van der Waals surface area contributed by atoms with Gasteiger partial charge in [-0.3, -0.25) is 4.79 Å². The molecule has 0 unspecified atom stereocenters. The van der Waals surface area contributed by atoms with Crippen LogP contribution in [0.25, 0.3) is 0 Å². The maximum atomic E-state index is 13.6. The van der Waals surface area contributed by atoms with Crippen LogP contribution in [0, 0.1) is 5.82 Å². The van der Waals surface area contributed by atoms with E-state index in [9.17, 15) is 13.6 Å². The Bertz CT molecular complexity index is 614. The van der Waals surface area contributed by atoms with E-state index in [2.05, 4.69) is 0 Å². The number of hydrogen-bond acceptors (Lipinski definition) is 2. The monoisotopic (exact) mass is 282 g/mol. The van der Waals surface area contributed by atoms with Crippen molar-refractivity contribution in [2.75, 3.05) is 0 Å². The minimum absolute atomic E-state index is 0.0438. The van der Waals surface area contributed by atoms with E-state index in [1.54, 1.807) is 0 Å². The molecule has 0 amide bonds. The molecule has 0 N–H and O–H groups in total. The molecule has 0 aromatic heterocycles. The van der Waals surface area contributed by atoms with Crippen molar-refractivity contribution in [1.82, 2.24) is 0 Å². The highest BCUT2D eigenvalue weighted by atomic mass is 35.5. The van der Waals surface area contributed by atoms with Crippen LogP contribution in [0.4, 0.5) is 8.78 Å². The van der Waals surface area contributed by atoms with Gasteiger partial charge in [0.15, 0.2) is 11.6 Å². The lowest BCUT2D eigenvalue weighted by molar-refractivity contribution is 0.112. The molecule has 2 nitrogen and oxygen atoms in total. The molecule has 2 aromatic carbocycles. The van der Waals surface area contributed by atoms with Gasteiger partial charge in [-0.2, -0.15) is 0 Å². The van der Waals surface area contributed by atoms with Crippen LogP contribution in [0.15, 0.2) is 36.4 Å². The van der Waals surface area contributed by atoms with Gasteiger partial charge in [0.05, 0.1) is 0 Å². The van der Waals surface area contributed by atoms with E-state index >= 15 is 0 Å². The summed E-state index contributed by atoms with van der Waals surface area (Å²) in [5.74, 6) is -0.436. The number of carbonyl (C=O) groups excluding carboxylic acids is 1. The molecule has 0 saturated carbocycles. The SMILES string of the molecule is O=Cc1ccc(Oc2ccc(Cl)c(CF)c2)c(F)c1. The van der Waals surface area contributed by atoms with Crippen molar-refractivity contribution in [3.05, 3.63) is 58.4 Å². The molecule has 0 radical (unpaired) electrons. The van der Waals surface area contributed by atoms with Gasteiger partial charge in [-0.05, 0) is 36.4 Å². The summed E-state index contributed by atoms with van der Waals surface area (Å²) in [5.41, 5.74) is 0.481. The van der Waals surface area contributed by atoms with Crippen LogP contribution < -0.4 is 4.74 Å². The quantitative estimate of drug-likeness (QED) is 0.769. The first-order valence-electron chi connectivity index (χ1n) is 5.41. The summed E-state index contributed by atoms with van der Waals surface area (Å²) >= 11 is 5.76. The average molecular weight is 283 g/mol. The number of rotatable bonds is 4. The van der Waals surface area contributed by atoms with E-state index in [1.165, 1.54) is 30.3 Å². The molecular formula is C14H9ClF2O2. The van der Waals surface area contributed by atoms with Gasteiger partial charge in [-0.15, -0.1) is 0 Å². The minimum atomic E-state index is -0.734. The molecule has 98 valence electrons. The minimum Gasteiger partial charge on any atom is -0.454 e. The molecule has 0 spiro atoms. The average Bonchev–Trinajstić information content (AvgIpc) is 2.43. The molecular weight excluding hydrogens is 274 g/mol. The number of benzene rings is 2.